The SMILES string of the molecule is CC(=O)OC(C[NH3+])c1ccccc1. The van der Waals surface area contributed by atoms with E-state index in [0.29, 0.717) is 6.54 Å². The first kappa shape index (κ1) is 9.74. The highest BCUT2D eigenvalue weighted by molar-refractivity contribution is 5.66. The molecule has 0 aliphatic heterocycles. The molecule has 0 bridgehead atoms. The number of quaternary nitrogens is 1. The van der Waals surface area contributed by atoms with E-state index in [2.05, 4.69) is 5.73 Å². The van der Waals surface area contributed by atoms with Crippen molar-refractivity contribution in [2.45, 2.75) is 13.0 Å². The van der Waals surface area contributed by atoms with Gasteiger partial charge in [0, 0.05) is 6.92 Å². The summed E-state index contributed by atoms with van der Waals surface area (Å²) in [5, 5.41) is 0. The van der Waals surface area contributed by atoms with Crippen LogP contribution in [0.3, 0.4) is 0 Å². The lowest BCUT2D eigenvalue weighted by molar-refractivity contribution is -0.385. The largest absolute Gasteiger partial charge is 0.452 e. The van der Waals surface area contributed by atoms with E-state index in [-0.39, 0.29) is 12.1 Å². The lowest BCUT2D eigenvalue weighted by Gasteiger charge is -2.12. The Labute approximate surface area is 77.5 Å². The minimum absolute atomic E-state index is 0.210. The Morgan fingerprint density at radius 3 is 2.54 bits per heavy atom. The van der Waals surface area contributed by atoms with Crippen LogP contribution in [0.25, 0.3) is 0 Å². The van der Waals surface area contributed by atoms with Gasteiger partial charge in [-0.15, -0.1) is 0 Å². The van der Waals surface area contributed by atoms with Crippen molar-refractivity contribution in [1.82, 2.24) is 0 Å². The van der Waals surface area contributed by atoms with E-state index < -0.39 is 0 Å². The first-order valence-corrected chi connectivity index (χ1v) is 4.25. The van der Waals surface area contributed by atoms with Crippen molar-refractivity contribution >= 4 is 5.97 Å². The van der Waals surface area contributed by atoms with E-state index in [9.17, 15) is 4.79 Å². The van der Waals surface area contributed by atoms with E-state index >= 15 is 0 Å². The molecule has 0 spiro atoms. The molecule has 3 heteroatoms. The summed E-state index contributed by atoms with van der Waals surface area (Å²) < 4.78 is 5.08. The first-order chi connectivity index (χ1) is 6.24. The van der Waals surface area contributed by atoms with Crippen LogP contribution >= 0.6 is 0 Å². The molecule has 0 saturated heterocycles. The molecular weight excluding hydrogens is 166 g/mol. The van der Waals surface area contributed by atoms with Crippen molar-refractivity contribution in [3.05, 3.63) is 35.9 Å². The zero-order chi connectivity index (χ0) is 9.68. The van der Waals surface area contributed by atoms with E-state index in [4.69, 9.17) is 4.74 Å². The Morgan fingerprint density at radius 2 is 2.08 bits per heavy atom. The fraction of sp³-hybridized carbons (Fsp3) is 0.300. The van der Waals surface area contributed by atoms with Crippen LogP contribution in [0, 0.1) is 0 Å². The molecule has 1 rings (SSSR count). The number of hydrogen-bond acceptors (Lipinski definition) is 2. The Hall–Kier alpha value is -1.35. The second-order valence-corrected chi connectivity index (χ2v) is 2.80. The lowest BCUT2D eigenvalue weighted by atomic mass is 10.1. The summed E-state index contributed by atoms with van der Waals surface area (Å²) in [6, 6.07) is 9.62. The average molecular weight is 180 g/mol. The number of carbonyl (C=O) groups is 1. The normalized spacial score (nSPS) is 12.2. The molecule has 70 valence electrons. The minimum Gasteiger partial charge on any atom is -0.452 e. The van der Waals surface area contributed by atoms with Crippen LogP contribution in [0.15, 0.2) is 30.3 Å². The van der Waals surface area contributed by atoms with Gasteiger partial charge < -0.3 is 10.5 Å². The first-order valence-electron chi connectivity index (χ1n) is 4.25. The highest BCUT2D eigenvalue weighted by Gasteiger charge is 2.13. The molecular formula is C10H14NO2+. The van der Waals surface area contributed by atoms with Crippen molar-refractivity contribution in [3.63, 3.8) is 0 Å². The minimum atomic E-state index is -0.266. The zero-order valence-electron chi connectivity index (χ0n) is 7.69. The molecule has 3 nitrogen and oxygen atoms in total. The van der Waals surface area contributed by atoms with Crippen LogP contribution in [0.4, 0.5) is 0 Å². The van der Waals surface area contributed by atoms with Crippen molar-refractivity contribution in [2.75, 3.05) is 6.54 Å². The molecule has 0 aliphatic carbocycles. The number of hydrogen-bond donors (Lipinski definition) is 1. The summed E-state index contributed by atoms with van der Waals surface area (Å²) in [4.78, 5) is 10.7. The number of esters is 1. The molecule has 0 saturated carbocycles. The molecule has 13 heavy (non-hydrogen) atoms. The Balaban J connectivity index is 2.73. The highest BCUT2D eigenvalue weighted by Crippen LogP contribution is 2.14. The van der Waals surface area contributed by atoms with Gasteiger partial charge >= 0.3 is 5.97 Å². The van der Waals surface area contributed by atoms with Crippen LogP contribution in [-0.2, 0) is 9.53 Å². The molecule has 1 atom stereocenters. The summed E-state index contributed by atoms with van der Waals surface area (Å²) in [7, 11) is 0. The van der Waals surface area contributed by atoms with Crippen LogP contribution in [0.1, 0.15) is 18.6 Å². The van der Waals surface area contributed by atoms with Gasteiger partial charge in [0.2, 0.25) is 0 Å². The average Bonchev–Trinajstić information content (AvgIpc) is 2.15. The van der Waals surface area contributed by atoms with Crippen molar-refractivity contribution in [1.29, 1.82) is 0 Å². The molecule has 0 heterocycles. The Morgan fingerprint density at radius 1 is 1.46 bits per heavy atom. The number of ether oxygens (including phenoxy) is 1. The third-order valence-electron chi connectivity index (χ3n) is 1.74. The standard InChI is InChI=1S/C10H13NO2/c1-8(12)13-10(7-11)9-5-3-2-4-6-9/h2-6,10H,7,11H2,1H3/p+1. The predicted molar refractivity (Wildman–Crippen MR) is 48.7 cm³/mol. The van der Waals surface area contributed by atoms with Crippen molar-refractivity contribution in [2.24, 2.45) is 0 Å². The molecule has 0 amide bonds. The van der Waals surface area contributed by atoms with Crippen molar-refractivity contribution in [3.8, 4) is 0 Å². The second-order valence-electron chi connectivity index (χ2n) is 2.80. The molecule has 0 radical (unpaired) electrons. The van der Waals surface area contributed by atoms with Crippen LogP contribution in [0.5, 0.6) is 0 Å². The Kier molecular flexibility index (Phi) is 3.46. The third kappa shape index (κ3) is 2.87. The summed E-state index contributed by atoms with van der Waals surface area (Å²) >= 11 is 0. The van der Waals surface area contributed by atoms with E-state index in [1.165, 1.54) is 6.92 Å². The van der Waals surface area contributed by atoms with Crippen molar-refractivity contribution < 1.29 is 15.3 Å². The summed E-state index contributed by atoms with van der Waals surface area (Å²) in [6.07, 6.45) is -0.210. The van der Waals surface area contributed by atoms with Gasteiger partial charge in [0.05, 0.1) is 0 Å². The molecule has 0 aromatic heterocycles. The fourth-order valence-electron chi connectivity index (χ4n) is 1.16. The quantitative estimate of drug-likeness (QED) is 0.690. The van der Waals surface area contributed by atoms with Gasteiger partial charge in [0.25, 0.3) is 0 Å². The van der Waals surface area contributed by atoms with Crippen LogP contribution in [0.2, 0.25) is 0 Å². The van der Waals surface area contributed by atoms with Crippen LogP contribution < -0.4 is 5.73 Å². The fourth-order valence-corrected chi connectivity index (χ4v) is 1.16. The third-order valence-corrected chi connectivity index (χ3v) is 1.74. The monoisotopic (exact) mass is 180 g/mol. The number of rotatable bonds is 3. The van der Waals surface area contributed by atoms with E-state index in [0.717, 1.165) is 5.56 Å². The molecule has 0 aliphatic rings. The van der Waals surface area contributed by atoms with Gasteiger partial charge in [0.1, 0.15) is 6.54 Å². The molecule has 1 aromatic rings. The van der Waals surface area contributed by atoms with E-state index in [1.807, 2.05) is 30.3 Å². The Bertz CT molecular complexity index is 272. The predicted octanol–water partition coefficient (Wildman–Crippen LogP) is 0.533. The van der Waals surface area contributed by atoms with Gasteiger partial charge in [-0.2, -0.15) is 0 Å². The van der Waals surface area contributed by atoms with E-state index in [1.54, 1.807) is 0 Å². The smallest absolute Gasteiger partial charge is 0.303 e. The second kappa shape index (κ2) is 4.62. The molecule has 1 aromatic carbocycles. The summed E-state index contributed by atoms with van der Waals surface area (Å²) in [5.41, 5.74) is 4.73. The van der Waals surface area contributed by atoms with Gasteiger partial charge in [-0.05, 0) is 5.56 Å². The van der Waals surface area contributed by atoms with Crippen LogP contribution in [-0.4, -0.2) is 12.5 Å². The van der Waals surface area contributed by atoms with Gasteiger partial charge in [-0.3, -0.25) is 4.79 Å². The molecule has 1 unspecified atom stereocenters. The summed E-state index contributed by atoms with van der Waals surface area (Å²) in [5.74, 6) is -0.266. The topological polar surface area (TPSA) is 53.9 Å². The highest BCUT2D eigenvalue weighted by atomic mass is 16.5. The number of benzene rings is 1. The lowest BCUT2D eigenvalue weighted by Crippen LogP contribution is -2.53. The maximum Gasteiger partial charge on any atom is 0.303 e. The van der Waals surface area contributed by atoms with Gasteiger partial charge in [0.15, 0.2) is 6.10 Å². The molecule has 3 N–H and O–H groups in total. The van der Waals surface area contributed by atoms with Gasteiger partial charge in [-0.25, -0.2) is 0 Å². The van der Waals surface area contributed by atoms with Gasteiger partial charge in [-0.1, -0.05) is 30.3 Å². The zero-order valence-corrected chi connectivity index (χ0v) is 7.69. The maximum absolute atomic E-state index is 10.7. The maximum atomic E-state index is 10.7. The summed E-state index contributed by atoms with van der Waals surface area (Å²) in [6.45, 7) is 1.97. The molecule has 0 fully saturated rings. The number of carbonyl (C=O) groups excluding carboxylic acids is 1.